The van der Waals surface area contributed by atoms with Crippen molar-refractivity contribution in [3.8, 4) is 0 Å². The van der Waals surface area contributed by atoms with Crippen molar-refractivity contribution in [3.63, 3.8) is 0 Å². The third-order valence-corrected chi connectivity index (χ3v) is 4.44. The average Bonchev–Trinajstić information content (AvgIpc) is 2.81. The van der Waals surface area contributed by atoms with Gasteiger partial charge in [0.15, 0.2) is 0 Å². The Balaban J connectivity index is 2.35. The van der Waals surface area contributed by atoms with E-state index in [-0.39, 0.29) is 6.42 Å². The SMILES string of the molecule is CCCn1c(CBr)nnc1C1CCCCC1C(F)(F)F. The second kappa shape index (κ2) is 6.45. The molecule has 2 unspecified atom stereocenters. The highest BCUT2D eigenvalue weighted by molar-refractivity contribution is 9.08. The summed E-state index contributed by atoms with van der Waals surface area (Å²) in [5.74, 6) is -0.591. The lowest BCUT2D eigenvalue weighted by molar-refractivity contribution is -0.188. The predicted molar refractivity (Wildman–Crippen MR) is 73.7 cm³/mol. The predicted octanol–water partition coefficient (Wildman–Crippen LogP) is 4.42. The van der Waals surface area contributed by atoms with E-state index in [0.717, 1.165) is 12.8 Å². The first-order valence-corrected chi connectivity index (χ1v) is 8.15. The summed E-state index contributed by atoms with van der Waals surface area (Å²) in [5.41, 5.74) is 0. The van der Waals surface area contributed by atoms with Gasteiger partial charge in [-0.25, -0.2) is 0 Å². The van der Waals surface area contributed by atoms with Crippen molar-refractivity contribution < 1.29 is 13.2 Å². The first kappa shape index (κ1) is 15.8. The maximum atomic E-state index is 13.2. The lowest BCUT2D eigenvalue weighted by atomic mass is 9.78. The van der Waals surface area contributed by atoms with Crippen LogP contribution in [0.5, 0.6) is 0 Å². The molecule has 114 valence electrons. The third-order valence-electron chi connectivity index (χ3n) is 3.94. The van der Waals surface area contributed by atoms with Crippen LogP contribution in [0.1, 0.15) is 56.6 Å². The van der Waals surface area contributed by atoms with E-state index in [1.165, 1.54) is 0 Å². The quantitative estimate of drug-likeness (QED) is 0.750. The highest BCUT2D eigenvalue weighted by atomic mass is 79.9. The van der Waals surface area contributed by atoms with Crippen molar-refractivity contribution in [2.24, 2.45) is 5.92 Å². The number of rotatable bonds is 4. The second-order valence-electron chi connectivity index (χ2n) is 5.30. The van der Waals surface area contributed by atoms with Crippen molar-refractivity contribution in [1.29, 1.82) is 0 Å². The van der Waals surface area contributed by atoms with E-state index < -0.39 is 18.0 Å². The molecule has 0 N–H and O–H groups in total. The molecule has 1 heterocycles. The number of aromatic nitrogens is 3. The minimum Gasteiger partial charge on any atom is -0.314 e. The van der Waals surface area contributed by atoms with Gasteiger partial charge in [0, 0.05) is 12.5 Å². The number of alkyl halides is 4. The molecule has 0 spiro atoms. The van der Waals surface area contributed by atoms with Gasteiger partial charge in [-0.15, -0.1) is 10.2 Å². The number of hydrogen-bond donors (Lipinski definition) is 0. The molecule has 1 aromatic rings. The lowest BCUT2D eigenvalue weighted by Gasteiger charge is -2.32. The van der Waals surface area contributed by atoms with E-state index in [1.807, 2.05) is 11.5 Å². The molecule has 20 heavy (non-hydrogen) atoms. The molecule has 2 atom stereocenters. The van der Waals surface area contributed by atoms with Gasteiger partial charge in [0.1, 0.15) is 11.6 Å². The van der Waals surface area contributed by atoms with Gasteiger partial charge < -0.3 is 4.57 Å². The molecule has 1 aromatic heterocycles. The molecule has 3 nitrogen and oxygen atoms in total. The summed E-state index contributed by atoms with van der Waals surface area (Å²) < 4.78 is 41.5. The van der Waals surface area contributed by atoms with E-state index in [9.17, 15) is 13.2 Å². The maximum Gasteiger partial charge on any atom is 0.392 e. The minimum absolute atomic E-state index is 0.205. The zero-order valence-electron chi connectivity index (χ0n) is 11.5. The van der Waals surface area contributed by atoms with Gasteiger partial charge in [0.2, 0.25) is 0 Å². The van der Waals surface area contributed by atoms with Gasteiger partial charge in [-0.3, -0.25) is 0 Å². The van der Waals surface area contributed by atoms with Gasteiger partial charge in [-0.1, -0.05) is 35.7 Å². The van der Waals surface area contributed by atoms with Gasteiger partial charge in [0.05, 0.1) is 11.2 Å². The molecule has 7 heteroatoms. The molecule has 0 aliphatic heterocycles. The summed E-state index contributed by atoms with van der Waals surface area (Å²) in [6, 6.07) is 0. The van der Waals surface area contributed by atoms with Crippen LogP contribution in [-0.4, -0.2) is 20.9 Å². The fourth-order valence-corrected chi connectivity index (χ4v) is 3.44. The summed E-state index contributed by atoms with van der Waals surface area (Å²) in [5, 5.41) is 8.64. The van der Waals surface area contributed by atoms with Crippen LogP contribution in [0.2, 0.25) is 0 Å². The van der Waals surface area contributed by atoms with E-state index in [2.05, 4.69) is 26.1 Å². The Hall–Kier alpha value is -0.590. The third kappa shape index (κ3) is 3.18. The van der Waals surface area contributed by atoms with Crippen molar-refractivity contribution in [1.82, 2.24) is 14.8 Å². The monoisotopic (exact) mass is 353 g/mol. The normalized spacial score (nSPS) is 24.1. The molecule has 0 amide bonds. The van der Waals surface area contributed by atoms with Crippen LogP contribution in [0.4, 0.5) is 13.2 Å². The minimum atomic E-state index is -4.15. The fraction of sp³-hybridized carbons (Fsp3) is 0.846. The van der Waals surface area contributed by atoms with Crippen LogP contribution >= 0.6 is 15.9 Å². The summed E-state index contributed by atoms with van der Waals surface area (Å²) in [6.07, 6.45) is -1.06. The number of hydrogen-bond acceptors (Lipinski definition) is 2. The first-order valence-electron chi connectivity index (χ1n) is 7.03. The molecule has 0 radical (unpaired) electrons. The van der Waals surface area contributed by atoms with E-state index >= 15 is 0 Å². The second-order valence-corrected chi connectivity index (χ2v) is 5.86. The molecular weight excluding hydrogens is 335 g/mol. The summed E-state index contributed by atoms with van der Waals surface area (Å²) >= 11 is 3.32. The summed E-state index contributed by atoms with van der Waals surface area (Å²) in [7, 11) is 0. The van der Waals surface area contributed by atoms with Crippen molar-refractivity contribution >= 4 is 15.9 Å². The topological polar surface area (TPSA) is 30.7 Å². The Labute approximate surface area is 125 Å². The molecule has 1 fully saturated rings. The number of nitrogens with zero attached hydrogens (tertiary/aromatic N) is 3. The smallest absolute Gasteiger partial charge is 0.314 e. The summed E-state index contributed by atoms with van der Waals surface area (Å²) in [4.78, 5) is 0. The van der Waals surface area contributed by atoms with Gasteiger partial charge >= 0.3 is 6.18 Å². The van der Waals surface area contributed by atoms with Crippen LogP contribution < -0.4 is 0 Å². The Morgan fingerprint density at radius 2 is 1.95 bits per heavy atom. The van der Waals surface area contributed by atoms with E-state index in [1.54, 1.807) is 0 Å². The standard InChI is InChI=1S/C13H19BrF3N3/c1-2-7-20-11(8-14)18-19-12(20)9-5-3-4-6-10(9)13(15,16)17/h9-10H,2-8H2,1H3. The van der Waals surface area contributed by atoms with Crippen molar-refractivity contribution in [3.05, 3.63) is 11.6 Å². The highest BCUT2D eigenvalue weighted by Crippen LogP contribution is 2.46. The number of halogens is 4. The highest BCUT2D eigenvalue weighted by Gasteiger charge is 2.47. The van der Waals surface area contributed by atoms with E-state index in [4.69, 9.17) is 0 Å². The van der Waals surface area contributed by atoms with Crippen LogP contribution in [-0.2, 0) is 11.9 Å². The fourth-order valence-electron chi connectivity index (χ4n) is 3.02. The van der Waals surface area contributed by atoms with Gasteiger partial charge in [0.25, 0.3) is 0 Å². The Morgan fingerprint density at radius 3 is 2.55 bits per heavy atom. The van der Waals surface area contributed by atoms with E-state index in [0.29, 0.717) is 36.4 Å². The van der Waals surface area contributed by atoms with Crippen molar-refractivity contribution in [2.75, 3.05) is 0 Å². The largest absolute Gasteiger partial charge is 0.392 e. The Morgan fingerprint density at radius 1 is 1.25 bits per heavy atom. The molecule has 1 saturated carbocycles. The lowest BCUT2D eigenvalue weighted by Crippen LogP contribution is -2.33. The molecule has 0 aromatic carbocycles. The van der Waals surface area contributed by atoms with Crippen LogP contribution in [0.3, 0.4) is 0 Å². The zero-order valence-corrected chi connectivity index (χ0v) is 13.0. The van der Waals surface area contributed by atoms with Crippen LogP contribution in [0, 0.1) is 5.92 Å². The Kier molecular flexibility index (Phi) is 5.09. The zero-order chi connectivity index (χ0) is 14.8. The average molecular weight is 354 g/mol. The van der Waals surface area contributed by atoms with Crippen LogP contribution in [0.25, 0.3) is 0 Å². The molecular formula is C13H19BrF3N3. The molecule has 1 aliphatic carbocycles. The van der Waals surface area contributed by atoms with Gasteiger partial charge in [-0.2, -0.15) is 13.2 Å². The molecule has 1 aliphatic rings. The molecule has 2 rings (SSSR count). The molecule has 0 saturated heterocycles. The Bertz CT molecular complexity index is 445. The maximum absolute atomic E-state index is 13.2. The van der Waals surface area contributed by atoms with Crippen molar-refractivity contribution in [2.45, 2.75) is 63.0 Å². The summed E-state index contributed by atoms with van der Waals surface area (Å²) in [6.45, 7) is 2.67. The van der Waals surface area contributed by atoms with Crippen LogP contribution in [0.15, 0.2) is 0 Å². The molecule has 0 bridgehead atoms. The van der Waals surface area contributed by atoms with Gasteiger partial charge in [-0.05, 0) is 19.3 Å². The first-order chi connectivity index (χ1) is 9.49.